The predicted octanol–water partition coefficient (Wildman–Crippen LogP) is 3.81. The number of hydrogen-bond acceptors (Lipinski definition) is 4. The highest BCUT2D eigenvalue weighted by Gasteiger charge is 2.41. The van der Waals surface area contributed by atoms with Crippen LogP contribution in [0.15, 0.2) is 42.5 Å². The van der Waals surface area contributed by atoms with Crippen LogP contribution in [0.2, 0.25) is 5.02 Å². The third-order valence-corrected chi connectivity index (χ3v) is 7.78. The number of halogens is 1. The first-order valence-corrected chi connectivity index (χ1v) is 13.1. The molecule has 1 saturated heterocycles. The fraction of sp³-hybridized carbons (Fsp3) is 0.464. The Labute approximate surface area is 212 Å². The van der Waals surface area contributed by atoms with Gasteiger partial charge in [0, 0.05) is 55.0 Å². The van der Waals surface area contributed by atoms with Gasteiger partial charge in [0.2, 0.25) is 11.8 Å². The highest BCUT2D eigenvalue weighted by Crippen LogP contribution is 2.44. The van der Waals surface area contributed by atoms with Gasteiger partial charge < -0.3 is 20.9 Å². The van der Waals surface area contributed by atoms with Crippen LogP contribution in [0, 0.1) is 18.3 Å². The third-order valence-electron chi connectivity index (χ3n) is 7.55. The molecule has 1 heterocycles. The third kappa shape index (κ3) is 5.99. The fourth-order valence-electron chi connectivity index (χ4n) is 5.28. The first kappa shape index (κ1) is 24.1. The summed E-state index contributed by atoms with van der Waals surface area (Å²) in [7, 11) is 0. The summed E-state index contributed by atoms with van der Waals surface area (Å²) in [5.74, 6) is 1.21. The molecule has 2 saturated carbocycles. The number of benzene rings is 2. The minimum atomic E-state index is -0.536. The average molecular weight is 494 g/mol. The Morgan fingerprint density at radius 3 is 2.34 bits per heavy atom. The molecule has 0 spiro atoms. The van der Waals surface area contributed by atoms with Crippen molar-refractivity contribution in [2.45, 2.75) is 44.7 Å². The summed E-state index contributed by atoms with van der Waals surface area (Å²) in [6, 6.07) is 14.4. The Hall–Kier alpha value is -2.57. The minimum Gasteiger partial charge on any atom is -0.368 e. The minimum absolute atomic E-state index is 0.0123. The van der Waals surface area contributed by atoms with Crippen LogP contribution in [0.1, 0.15) is 47.2 Å². The van der Waals surface area contributed by atoms with E-state index < -0.39 is 5.91 Å². The SMILES string of the molecule is NC(=O)c1cc(Cl)ccc1C[CH]C(=O)N1CCN(c2ccccc2CNC(C2CC2)C2CC2)CC1. The number of carbonyl (C=O) groups is 2. The van der Waals surface area contributed by atoms with Crippen LogP contribution in [-0.4, -0.2) is 48.9 Å². The molecule has 0 unspecified atom stereocenters. The number of primary amides is 1. The summed E-state index contributed by atoms with van der Waals surface area (Å²) < 4.78 is 0. The quantitative estimate of drug-likeness (QED) is 0.527. The van der Waals surface area contributed by atoms with Crippen molar-refractivity contribution in [3.05, 3.63) is 70.6 Å². The monoisotopic (exact) mass is 493 g/mol. The van der Waals surface area contributed by atoms with Gasteiger partial charge in [0.15, 0.2) is 0 Å². The molecular formula is C28H34ClN4O2. The van der Waals surface area contributed by atoms with Crippen LogP contribution in [-0.2, 0) is 17.8 Å². The van der Waals surface area contributed by atoms with Crippen molar-refractivity contribution in [3.8, 4) is 0 Å². The maximum atomic E-state index is 12.8. The van der Waals surface area contributed by atoms with Crippen LogP contribution in [0.5, 0.6) is 0 Å². The lowest BCUT2D eigenvalue weighted by atomic mass is 10.0. The zero-order valence-electron chi connectivity index (χ0n) is 20.1. The normalized spacial score (nSPS) is 18.2. The van der Waals surface area contributed by atoms with Crippen molar-refractivity contribution in [2.75, 3.05) is 31.1 Å². The average Bonchev–Trinajstić information content (AvgIpc) is 3.79. The molecule has 5 rings (SSSR count). The fourth-order valence-corrected chi connectivity index (χ4v) is 5.45. The highest BCUT2D eigenvalue weighted by atomic mass is 35.5. The lowest BCUT2D eigenvalue weighted by Gasteiger charge is -2.37. The molecule has 2 amide bonds. The summed E-state index contributed by atoms with van der Waals surface area (Å²) in [5, 5.41) is 4.33. The standard InChI is InChI=1S/C28H34ClN4O2/c29-23-11-9-19(24(17-23)28(30)35)10-12-26(34)33-15-13-32(14-16-33)25-4-2-1-3-22(25)18-31-27(20-5-6-20)21-7-8-21/h1-4,9,11-12,17,20-21,27,31H,5-8,10,13-16,18H2,(H2,30,35). The number of nitrogens with two attached hydrogens (primary N) is 1. The lowest BCUT2D eigenvalue weighted by molar-refractivity contribution is -0.127. The first-order chi connectivity index (χ1) is 17.0. The van der Waals surface area contributed by atoms with E-state index in [1.54, 1.807) is 24.6 Å². The van der Waals surface area contributed by atoms with Crippen LogP contribution in [0.3, 0.4) is 0 Å². The van der Waals surface area contributed by atoms with Crippen LogP contribution >= 0.6 is 11.6 Å². The summed E-state index contributed by atoms with van der Waals surface area (Å²) >= 11 is 5.99. The van der Waals surface area contributed by atoms with Crippen molar-refractivity contribution < 1.29 is 9.59 Å². The van der Waals surface area contributed by atoms with Gasteiger partial charge in [-0.25, -0.2) is 0 Å². The number of para-hydroxylation sites is 1. The van der Waals surface area contributed by atoms with Gasteiger partial charge in [-0.2, -0.15) is 0 Å². The number of rotatable bonds is 10. The summed E-state index contributed by atoms with van der Waals surface area (Å²) in [6.07, 6.45) is 7.51. The second-order valence-corrected chi connectivity index (χ2v) is 10.5. The number of amides is 2. The Kier molecular flexibility index (Phi) is 7.30. The first-order valence-electron chi connectivity index (χ1n) is 12.8. The van der Waals surface area contributed by atoms with Crippen LogP contribution < -0.4 is 16.0 Å². The van der Waals surface area contributed by atoms with Crippen molar-refractivity contribution in [1.82, 2.24) is 10.2 Å². The zero-order chi connectivity index (χ0) is 24.4. The van der Waals surface area contributed by atoms with E-state index in [1.807, 2.05) is 4.90 Å². The van der Waals surface area contributed by atoms with E-state index in [9.17, 15) is 9.59 Å². The molecule has 3 fully saturated rings. The Morgan fingerprint density at radius 1 is 1.00 bits per heavy atom. The van der Waals surface area contributed by atoms with Gasteiger partial charge in [0.1, 0.15) is 0 Å². The van der Waals surface area contributed by atoms with Gasteiger partial charge in [0.05, 0.1) is 6.42 Å². The van der Waals surface area contributed by atoms with Crippen molar-refractivity contribution in [3.63, 3.8) is 0 Å². The van der Waals surface area contributed by atoms with E-state index in [1.165, 1.54) is 36.9 Å². The Morgan fingerprint density at radius 2 is 1.69 bits per heavy atom. The summed E-state index contributed by atoms with van der Waals surface area (Å²) in [6.45, 7) is 3.86. The summed E-state index contributed by atoms with van der Waals surface area (Å²) in [4.78, 5) is 28.8. The number of carbonyl (C=O) groups excluding carboxylic acids is 2. The van der Waals surface area contributed by atoms with E-state index in [4.69, 9.17) is 17.3 Å². The number of anilines is 1. The van der Waals surface area contributed by atoms with Crippen LogP contribution in [0.4, 0.5) is 5.69 Å². The molecule has 2 aromatic rings. The van der Waals surface area contributed by atoms with Crippen molar-refractivity contribution in [2.24, 2.45) is 17.6 Å². The van der Waals surface area contributed by atoms with Gasteiger partial charge >= 0.3 is 0 Å². The molecule has 7 heteroatoms. The van der Waals surface area contributed by atoms with Crippen LogP contribution in [0.25, 0.3) is 0 Å². The van der Waals surface area contributed by atoms with E-state index in [2.05, 4.69) is 34.5 Å². The molecule has 0 aromatic heterocycles. The van der Waals surface area contributed by atoms with Gasteiger partial charge in [-0.1, -0.05) is 35.9 Å². The maximum absolute atomic E-state index is 12.8. The zero-order valence-corrected chi connectivity index (χ0v) is 20.8. The van der Waals surface area contributed by atoms with E-state index in [0.717, 1.165) is 31.5 Å². The Bertz CT molecular complexity index is 1060. The topological polar surface area (TPSA) is 78.7 Å². The lowest BCUT2D eigenvalue weighted by Crippen LogP contribution is -2.49. The second kappa shape index (κ2) is 10.6. The number of nitrogens with zero attached hydrogens (tertiary/aromatic N) is 2. The second-order valence-electron chi connectivity index (χ2n) is 10.1. The maximum Gasteiger partial charge on any atom is 0.249 e. The molecule has 35 heavy (non-hydrogen) atoms. The molecule has 6 nitrogen and oxygen atoms in total. The summed E-state index contributed by atoms with van der Waals surface area (Å²) in [5.41, 5.74) is 9.16. The molecule has 3 N–H and O–H groups in total. The number of nitrogens with one attached hydrogen (secondary N) is 1. The highest BCUT2D eigenvalue weighted by molar-refractivity contribution is 6.31. The molecule has 1 aliphatic heterocycles. The van der Waals surface area contributed by atoms with Gasteiger partial charge in [-0.05, 0) is 73.3 Å². The van der Waals surface area contributed by atoms with E-state index >= 15 is 0 Å². The van der Waals surface area contributed by atoms with E-state index in [0.29, 0.717) is 41.7 Å². The van der Waals surface area contributed by atoms with E-state index in [-0.39, 0.29) is 5.91 Å². The van der Waals surface area contributed by atoms with Crippen molar-refractivity contribution in [1.29, 1.82) is 0 Å². The molecule has 0 bridgehead atoms. The predicted molar refractivity (Wildman–Crippen MR) is 139 cm³/mol. The smallest absolute Gasteiger partial charge is 0.249 e. The molecule has 2 aliphatic carbocycles. The van der Waals surface area contributed by atoms with Gasteiger partial charge in [-0.15, -0.1) is 0 Å². The Balaban J connectivity index is 1.14. The largest absolute Gasteiger partial charge is 0.368 e. The number of piperazine rings is 1. The van der Waals surface area contributed by atoms with Gasteiger partial charge in [0.25, 0.3) is 0 Å². The molecule has 2 aromatic carbocycles. The molecule has 1 radical (unpaired) electrons. The van der Waals surface area contributed by atoms with Crippen molar-refractivity contribution >= 4 is 29.1 Å². The number of hydrogen-bond donors (Lipinski definition) is 2. The molecular weight excluding hydrogens is 460 g/mol. The molecule has 0 atom stereocenters. The molecule has 185 valence electrons. The van der Waals surface area contributed by atoms with Gasteiger partial charge in [-0.3, -0.25) is 9.59 Å². The molecule has 3 aliphatic rings.